The molecule has 0 bridgehead atoms. The van der Waals surface area contributed by atoms with Crippen molar-refractivity contribution in [3.63, 3.8) is 0 Å². The van der Waals surface area contributed by atoms with Crippen molar-refractivity contribution in [2.24, 2.45) is 4.99 Å². The number of nitrogens with zero attached hydrogens (tertiary/aromatic N) is 2. The minimum atomic E-state index is -0.707. The first-order valence-corrected chi connectivity index (χ1v) is 14.2. The Labute approximate surface area is 244 Å². The van der Waals surface area contributed by atoms with Crippen molar-refractivity contribution < 1.29 is 18.7 Å². The summed E-state index contributed by atoms with van der Waals surface area (Å²) in [7, 11) is 1.58. The van der Waals surface area contributed by atoms with Crippen LogP contribution in [-0.2, 0) is 9.53 Å². The SMILES string of the molecule is CCOC(=O)C1=C(C)N=c2s/c(=C/c3ccc(-c4cc(Cl)ccc4OC)o3)c(=O)n2[C@@H]1c1cccc2ccccc12. The van der Waals surface area contributed by atoms with Gasteiger partial charge in [-0.2, -0.15) is 0 Å². The first-order chi connectivity index (χ1) is 19.9. The molecule has 1 atom stereocenters. The van der Waals surface area contributed by atoms with Crippen LogP contribution < -0.4 is 19.6 Å². The number of hydrogen-bond acceptors (Lipinski definition) is 7. The van der Waals surface area contributed by atoms with E-state index in [0.29, 0.717) is 48.5 Å². The van der Waals surface area contributed by atoms with Gasteiger partial charge in [-0.1, -0.05) is 65.4 Å². The summed E-state index contributed by atoms with van der Waals surface area (Å²) in [4.78, 5) is 32.5. The zero-order valence-electron chi connectivity index (χ0n) is 22.5. The molecule has 206 valence electrons. The van der Waals surface area contributed by atoms with Crippen molar-refractivity contribution in [1.82, 2.24) is 4.57 Å². The molecule has 0 radical (unpaired) electrons. The Bertz CT molecular complexity index is 2030. The molecule has 1 aliphatic rings. The monoisotopic (exact) mass is 584 g/mol. The van der Waals surface area contributed by atoms with Gasteiger partial charge in [-0.25, -0.2) is 9.79 Å². The lowest BCUT2D eigenvalue weighted by Crippen LogP contribution is -2.40. The standard InChI is InChI=1S/C32H25ClN2O5S/c1-4-39-31(37)28-18(2)34-32-35(29(28)23-11-7-9-19-8-5-6-10-22(19)23)30(36)27(41-32)17-21-13-15-26(40-21)24-16-20(33)12-14-25(24)38-3/h5-17,29H,4H2,1-3H3/b27-17+/t29-/m1/s1. The predicted molar refractivity (Wildman–Crippen MR) is 160 cm³/mol. The van der Waals surface area contributed by atoms with Crippen LogP contribution in [0.3, 0.4) is 0 Å². The average molecular weight is 585 g/mol. The van der Waals surface area contributed by atoms with Crippen molar-refractivity contribution in [1.29, 1.82) is 0 Å². The maximum Gasteiger partial charge on any atom is 0.338 e. The fourth-order valence-electron chi connectivity index (χ4n) is 5.15. The number of benzene rings is 3. The molecular formula is C32H25ClN2O5S. The van der Waals surface area contributed by atoms with Crippen LogP contribution in [0.1, 0.15) is 31.2 Å². The van der Waals surface area contributed by atoms with Gasteiger partial charge in [0.1, 0.15) is 17.3 Å². The molecule has 0 unspecified atom stereocenters. The van der Waals surface area contributed by atoms with Crippen LogP contribution >= 0.6 is 22.9 Å². The molecule has 0 aliphatic carbocycles. The highest BCUT2D eigenvalue weighted by Crippen LogP contribution is 2.35. The second-order valence-corrected chi connectivity index (χ2v) is 10.9. The first-order valence-electron chi connectivity index (χ1n) is 13.0. The molecular weight excluding hydrogens is 560 g/mol. The number of rotatable bonds is 6. The third kappa shape index (κ3) is 4.79. The van der Waals surface area contributed by atoms with E-state index in [1.165, 1.54) is 11.3 Å². The second kappa shape index (κ2) is 10.9. The number of aromatic nitrogens is 1. The summed E-state index contributed by atoms with van der Waals surface area (Å²) >= 11 is 7.45. The van der Waals surface area contributed by atoms with Crippen molar-refractivity contribution in [3.05, 3.63) is 120 Å². The number of fused-ring (bicyclic) bond motifs is 2. The average Bonchev–Trinajstić information content (AvgIpc) is 3.56. The van der Waals surface area contributed by atoms with E-state index in [2.05, 4.69) is 4.99 Å². The number of esters is 1. The lowest BCUT2D eigenvalue weighted by Gasteiger charge is -2.25. The Morgan fingerprint density at radius 3 is 2.73 bits per heavy atom. The summed E-state index contributed by atoms with van der Waals surface area (Å²) in [6.07, 6.45) is 1.69. The molecule has 0 amide bonds. The smallest absolute Gasteiger partial charge is 0.338 e. The number of furan rings is 1. The molecule has 3 heterocycles. The third-order valence-corrected chi connectivity index (χ3v) is 8.18. The van der Waals surface area contributed by atoms with Crippen LogP contribution in [0.15, 0.2) is 98.3 Å². The van der Waals surface area contributed by atoms with Crippen LogP contribution in [0.4, 0.5) is 0 Å². The molecule has 7 nitrogen and oxygen atoms in total. The normalized spacial score (nSPS) is 15.1. The number of carbonyl (C=O) groups is 1. The fourth-order valence-corrected chi connectivity index (χ4v) is 6.35. The Balaban J connectivity index is 1.52. The van der Waals surface area contributed by atoms with Gasteiger partial charge in [-0.3, -0.25) is 9.36 Å². The van der Waals surface area contributed by atoms with Crippen LogP contribution in [0.5, 0.6) is 5.75 Å². The topological polar surface area (TPSA) is 83.0 Å². The maximum atomic E-state index is 14.0. The summed E-state index contributed by atoms with van der Waals surface area (Å²) in [5.41, 5.74) is 2.10. The minimum absolute atomic E-state index is 0.209. The lowest BCUT2D eigenvalue weighted by molar-refractivity contribution is -0.139. The maximum absolute atomic E-state index is 14.0. The quantitative estimate of drug-likeness (QED) is 0.233. The van der Waals surface area contributed by atoms with Gasteiger partial charge in [-0.15, -0.1) is 0 Å². The largest absolute Gasteiger partial charge is 0.496 e. The zero-order valence-corrected chi connectivity index (χ0v) is 24.1. The molecule has 2 aromatic heterocycles. The molecule has 0 fully saturated rings. The number of methoxy groups -OCH3 is 1. The number of thiazole rings is 1. The molecule has 9 heteroatoms. The van der Waals surface area contributed by atoms with E-state index in [0.717, 1.165) is 16.3 Å². The zero-order chi connectivity index (χ0) is 28.7. The molecule has 5 aromatic rings. The lowest BCUT2D eigenvalue weighted by atomic mass is 9.91. The van der Waals surface area contributed by atoms with Gasteiger partial charge < -0.3 is 13.9 Å². The first kappa shape index (κ1) is 26.8. The Morgan fingerprint density at radius 1 is 1.12 bits per heavy atom. The van der Waals surface area contributed by atoms with Crippen molar-refractivity contribution in [2.45, 2.75) is 19.9 Å². The predicted octanol–water partition coefficient (Wildman–Crippen LogP) is 5.87. The van der Waals surface area contributed by atoms with Gasteiger partial charge in [-0.05, 0) is 60.5 Å². The summed E-state index contributed by atoms with van der Waals surface area (Å²) in [5, 5.41) is 2.50. The third-order valence-electron chi connectivity index (χ3n) is 6.96. The van der Waals surface area contributed by atoms with E-state index in [1.807, 2.05) is 42.5 Å². The summed E-state index contributed by atoms with van der Waals surface area (Å²) in [6.45, 7) is 3.74. The van der Waals surface area contributed by atoms with Crippen LogP contribution in [0.25, 0.3) is 28.2 Å². The highest BCUT2D eigenvalue weighted by atomic mass is 35.5. The summed E-state index contributed by atoms with van der Waals surface area (Å²) < 4.78 is 19.0. The van der Waals surface area contributed by atoms with Crippen molar-refractivity contribution in [2.75, 3.05) is 13.7 Å². The van der Waals surface area contributed by atoms with E-state index < -0.39 is 12.0 Å². The molecule has 1 aliphatic heterocycles. The second-order valence-electron chi connectivity index (χ2n) is 9.42. The minimum Gasteiger partial charge on any atom is -0.496 e. The molecule has 3 aromatic carbocycles. The van der Waals surface area contributed by atoms with Crippen molar-refractivity contribution >= 4 is 45.8 Å². The van der Waals surface area contributed by atoms with Crippen LogP contribution in [-0.4, -0.2) is 24.3 Å². The van der Waals surface area contributed by atoms with Gasteiger partial charge in [0, 0.05) is 11.1 Å². The molecule has 0 N–H and O–H groups in total. The highest BCUT2D eigenvalue weighted by molar-refractivity contribution is 7.07. The number of ether oxygens (including phenoxy) is 2. The van der Waals surface area contributed by atoms with Gasteiger partial charge in [0.05, 0.1) is 41.1 Å². The number of hydrogen-bond donors (Lipinski definition) is 0. The molecule has 0 saturated heterocycles. The molecule has 0 spiro atoms. The summed E-state index contributed by atoms with van der Waals surface area (Å²) in [5.74, 6) is 1.16. The molecule has 6 rings (SSSR count). The van der Waals surface area contributed by atoms with E-state index >= 15 is 0 Å². The number of allylic oxidation sites excluding steroid dienone is 1. The van der Waals surface area contributed by atoms with Gasteiger partial charge in [0.15, 0.2) is 4.80 Å². The van der Waals surface area contributed by atoms with E-state index in [4.69, 9.17) is 25.5 Å². The van der Waals surface area contributed by atoms with Crippen LogP contribution in [0, 0.1) is 0 Å². The Kier molecular flexibility index (Phi) is 7.11. The number of carbonyl (C=O) groups excluding carboxylic acids is 1. The highest BCUT2D eigenvalue weighted by Gasteiger charge is 2.34. The van der Waals surface area contributed by atoms with E-state index in [1.54, 1.807) is 61.9 Å². The van der Waals surface area contributed by atoms with Gasteiger partial charge in [0.2, 0.25) is 0 Å². The van der Waals surface area contributed by atoms with Gasteiger partial charge >= 0.3 is 5.97 Å². The Hall–Kier alpha value is -4.40. The van der Waals surface area contributed by atoms with Crippen molar-refractivity contribution in [3.8, 4) is 17.1 Å². The molecule has 41 heavy (non-hydrogen) atoms. The summed E-state index contributed by atoms with van der Waals surface area (Å²) in [6, 6.07) is 21.9. The number of halogens is 1. The molecule has 0 saturated carbocycles. The Morgan fingerprint density at radius 2 is 1.93 bits per heavy atom. The van der Waals surface area contributed by atoms with Crippen LogP contribution in [0.2, 0.25) is 5.02 Å². The van der Waals surface area contributed by atoms with E-state index in [-0.39, 0.29) is 12.2 Å². The van der Waals surface area contributed by atoms with Gasteiger partial charge in [0.25, 0.3) is 5.56 Å². The fraction of sp³-hybridized carbons (Fsp3) is 0.156. The van der Waals surface area contributed by atoms with E-state index in [9.17, 15) is 9.59 Å².